The highest BCUT2D eigenvalue weighted by atomic mass is 35.5. The smallest absolute Gasteiger partial charge is 0.260 e. The number of halogens is 1. The first-order chi connectivity index (χ1) is 13.1. The van der Waals surface area contributed by atoms with Crippen LogP contribution in [-0.4, -0.2) is 61.5 Å². The van der Waals surface area contributed by atoms with Crippen molar-refractivity contribution in [2.24, 2.45) is 0 Å². The van der Waals surface area contributed by atoms with Gasteiger partial charge in [-0.25, -0.2) is 0 Å². The number of rotatable bonds is 5. The lowest BCUT2D eigenvalue weighted by molar-refractivity contribution is -0.134. The Labute approximate surface area is 163 Å². The van der Waals surface area contributed by atoms with Crippen LogP contribution in [0.3, 0.4) is 0 Å². The molecule has 6 nitrogen and oxygen atoms in total. The van der Waals surface area contributed by atoms with Crippen LogP contribution in [-0.2, 0) is 4.79 Å². The number of hydrogen-bond acceptors (Lipinski definition) is 4. The van der Waals surface area contributed by atoms with Gasteiger partial charge in [0.2, 0.25) is 0 Å². The molecule has 1 aliphatic rings. The number of methoxy groups -OCH3 is 1. The highest BCUT2D eigenvalue weighted by Crippen LogP contribution is 2.17. The van der Waals surface area contributed by atoms with Crippen molar-refractivity contribution in [1.82, 2.24) is 9.80 Å². The zero-order valence-electron chi connectivity index (χ0n) is 15.1. The molecule has 0 radical (unpaired) electrons. The standard InChI is InChI=1S/C20H21ClN2O4/c1-26-18-4-2-3-15(13-18)20(25)23-11-9-22(10-12-23)19(24)14-27-17-7-5-16(21)6-8-17/h2-8,13H,9-12,14H2,1H3. The number of nitrogens with zero attached hydrogens (tertiary/aromatic N) is 2. The van der Waals surface area contributed by atoms with Crippen molar-refractivity contribution in [1.29, 1.82) is 0 Å². The Balaban J connectivity index is 1.49. The lowest BCUT2D eigenvalue weighted by Crippen LogP contribution is -2.51. The van der Waals surface area contributed by atoms with Crippen molar-refractivity contribution in [3.8, 4) is 11.5 Å². The van der Waals surface area contributed by atoms with Crippen LogP contribution in [0.5, 0.6) is 11.5 Å². The summed E-state index contributed by atoms with van der Waals surface area (Å²) in [5.41, 5.74) is 0.584. The fraction of sp³-hybridized carbons (Fsp3) is 0.300. The third-order valence-electron chi connectivity index (χ3n) is 4.41. The third kappa shape index (κ3) is 4.92. The predicted octanol–water partition coefficient (Wildman–Crippen LogP) is 2.71. The molecule has 0 N–H and O–H groups in total. The molecule has 2 amide bonds. The molecular formula is C20H21ClN2O4. The highest BCUT2D eigenvalue weighted by molar-refractivity contribution is 6.30. The maximum absolute atomic E-state index is 12.6. The molecule has 0 atom stereocenters. The fourth-order valence-electron chi connectivity index (χ4n) is 2.86. The van der Waals surface area contributed by atoms with Gasteiger partial charge >= 0.3 is 0 Å². The number of benzene rings is 2. The lowest BCUT2D eigenvalue weighted by atomic mass is 10.1. The van der Waals surface area contributed by atoms with Gasteiger partial charge in [0.1, 0.15) is 11.5 Å². The second-order valence-electron chi connectivity index (χ2n) is 6.15. The molecule has 1 fully saturated rings. The molecule has 7 heteroatoms. The molecule has 0 aliphatic carbocycles. The minimum absolute atomic E-state index is 0.0362. The summed E-state index contributed by atoms with van der Waals surface area (Å²) in [5.74, 6) is 1.09. The molecule has 1 heterocycles. The Bertz CT molecular complexity index is 802. The number of piperazine rings is 1. The molecule has 0 spiro atoms. The molecular weight excluding hydrogens is 368 g/mol. The van der Waals surface area contributed by atoms with Gasteiger partial charge in [-0.2, -0.15) is 0 Å². The molecule has 27 heavy (non-hydrogen) atoms. The van der Waals surface area contributed by atoms with Gasteiger partial charge < -0.3 is 19.3 Å². The largest absolute Gasteiger partial charge is 0.497 e. The van der Waals surface area contributed by atoms with Gasteiger partial charge in [0.25, 0.3) is 11.8 Å². The van der Waals surface area contributed by atoms with E-state index in [-0.39, 0.29) is 18.4 Å². The highest BCUT2D eigenvalue weighted by Gasteiger charge is 2.25. The van der Waals surface area contributed by atoms with E-state index in [9.17, 15) is 9.59 Å². The maximum Gasteiger partial charge on any atom is 0.260 e. The van der Waals surface area contributed by atoms with Gasteiger partial charge in [0, 0.05) is 36.8 Å². The summed E-state index contributed by atoms with van der Waals surface area (Å²) in [7, 11) is 1.57. The van der Waals surface area contributed by atoms with Crippen LogP contribution in [0.1, 0.15) is 10.4 Å². The molecule has 0 aromatic heterocycles. The van der Waals surface area contributed by atoms with Crippen LogP contribution in [0, 0.1) is 0 Å². The monoisotopic (exact) mass is 388 g/mol. The summed E-state index contributed by atoms with van der Waals surface area (Å²) in [6.07, 6.45) is 0. The topological polar surface area (TPSA) is 59.1 Å². The number of hydrogen-bond donors (Lipinski definition) is 0. The predicted molar refractivity (Wildman–Crippen MR) is 102 cm³/mol. The van der Waals surface area contributed by atoms with Crippen molar-refractivity contribution in [3.63, 3.8) is 0 Å². The molecule has 3 rings (SSSR count). The van der Waals surface area contributed by atoms with Gasteiger partial charge in [0.15, 0.2) is 6.61 Å². The Hall–Kier alpha value is -2.73. The summed E-state index contributed by atoms with van der Waals surface area (Å²) < 4.78 is 10.7. The van der Waals surface area contributed by atoms with Crippen molar-refractivity contribution < 1.29 is 19.1 Å². The summed E-state index contributed by atoms with van der Waals surface area (Å²) >= 11 is 5.83. The van der Waals surface area contributed by atoms with Gasteiger partial charge in [-0.15, -0.1) is 0 Å². The minimum atomic E-state index is -0.0987. The Morgan fingerprint density at radius 3 is 2.30 bits per heavy atom. The molecule has 2 aromatic rings. The fourth-order valence-corrected chi connectivity index (χ4v) is 2.99. The molecule has 0 unspecified atom stereocenters. The molecule has 0 bridgehead atoms. The van der Waals surface area contributed by atoms with E-state index in [0.717, 1.165) is 0 Å². The average molecular weight is 389 g/mol. The Kier molecular flexibility index (Phi) is 6.19. The Morgan fingerprint density at radius 1 is 0.963 bits per heavy atom. The number of carbonyl (C=O) groups excluding carboxylic acids is 2. The first-order valence-corrected chi connectivity index (χ1v) is 9.04. The van der Waals surface area contributed by atoms with Crippen LogP contribution in [0.2, 0.25) is 5.02 Å². The average Bonchev–Trinajstić information content (AvgIpc) is 2.72. The molecule has 1 aliphatic heterocycles. The van der Waals surface area contributed by atoms with E-state index in [2.05, 4.69) is 0 Å². The molecule has 1 saturated heterocycles. The summed E-state index contributed by atoms with van der Waals surface area (Å²) in [6, 6.07) is 13.9. The first-order valence-electron chi connectivity index (χ1n) is 8.66. The van der Waals surface area contributed by atoms with Gasteiger partial charge in [-0.05, 0) is 42.5 Å². The molecule has 0 saturated carbocycles. The second kappa shape index (κ2) is 8.77. The number of amides is 2. The van der Waals surface area contributed by atoms with Gasteiger partial charge in [-0.3, -0.25) is 9.59 Å². The van der Waals surface area contributed by atoms with E-state index in [0.29, 0.717) is 48.3 Å². The van der Waals surface area contributed by atoms with Crippen LogP contribution in [0.15, 0.2) is 48.5 Å². The summed E-state index contributed by atoms with van der Waals surface area (Å²) in [4.78, 5) is 28.4. The summed E-state index contributed by atoms with van der Waals surface area (Å²) in [6.45, 7) is 1.91. The van der Waals surface area contributed by atoms with E-state index >= 15 is 0 Å². The van der Waals surface area contributed by atoms with E-state index in [1.165, 1.54) is 0 Å². The minimum Gasteiger partial charge on any atom is -0.497 e. The van der Waals surface area contributed by atoms with Gasteiger partial charge in [-0.1, -0.05) is 17.7 Å². The SMILES string of the molecule is COc1cccc(C(=O)N2CCN(C(=O)COc3ccc(Cl)cc3)CC2)c1. The van der Waals surface area contributed by atoms with E-state index in [1.807, 2.05) is 0 Å². The van der Waals surface area contributed by atoms with E-state index in [4.69, 9.17) is 21.1 Å². The van der Waals surface area contributed by atoms with Crippen molar-refractivity contribution >= 4 is 23.4 Å². The normalized spacial score (nSPS) is 14.0. The maximum atomic E-state index is 12.6. The second-order valence-corrected chi connectivity index (χ2v) is 6.58. The van der Waals surface area contributed by atoms with Gasteiger partial charge in [0.05, 0.1) is 7.11 Å². The first kappa shape index (κ1) is 19.0. The van der Waals surface area contributed by atoms with E-state index < -0.39 is 0 Å². The van der Waals surface area contributed by atoms with E-state index in [1.54, 1.807) is 65.4 Å². The van der Waals surface area contributed by atoms with Crippen LogP contribution < -0.4 is 9.47 Å². The number of carbonyl (C=O) groups is 2. The number of ether oxygens (including phenoxy) is 2. The Morgan fingerprint density at radius 2 is 1.63 bits per heavy atom. The van der Waals surface area contributed by atoms with Crippen LogP contribution in [0.4, 0.5) is 0 Å². The van der Waals surface area contributed by atoms with Crippen LogP contribution >= 0.6 is 11.6 Å². The summed E-state index contributed by atoms with van der Waals surface area (Å²) in [5, 5.41) is 0.616. The van der Waals surface area contributed by atoms with Crippen molar-refractivity contribution in [3.05, 3.63) is 59.1 Å². The zero-order valence-corrected chi connectivity index (χ0v) is 15.8. The quantitative estimate of drug-likeness (QED) is 0.790. The molecule has 2 aromatic carbocycles. The van der Waals surface area contributed by atoms with Crippen molar-refractivity contribution in [2.45, 2.75) is 0 Å². The zero-order chi connectivity index (χ0) is 19.2. The third-order valence-corrected chi connectivity index (χ3v) is 4.66. The lowest BCUT2D eigenvalue weighted by Gasteiger charge is -2.34. The molecule has 142 valence electrons. The van der Waals surface area contributed by atoms with Crippen LogP contribution in [0.25, 0.3) is 0 Å². The van der Waals surface area contributed by atoms with Crippen molar-refractivity contribution in [2.75, 3.05) is 39.9 Å².